The lowest BCUT2D eigenvalue weighted by Crippen LogP contribution is -2.44. The van der Waals surface area contributed by atoms with Crippen molar-refractivity contribution in [2.45, 2.75) is 93.9 Å². The molecule has 32 heavy (non-hydrogen) atoms. The fourth-order valence-corrected chi connectivity index (χ4v) is 4.81. The Labute approximate surface area is 192 Å². The van der Waals surface area contributed by atoms with E-state index in [1.165, 1.54) is 0 Å². The van der Waals surface area contributed by atoms with Crippen LogP contribution in [0.3, 0.4) is 0 Å². The van der Waals surface area contributed by atoms with Crippen LogP contribution in [0.2, 0.25) is 0 Å². The lowest BCUT2D eigenvalue weighted by atomic mass is 9.61. The Morgan fingerprint density at radius 3 is 1.97 bits per heavy atom. The normalized spacial score (nSPS) is 21.8. The second-order valence-electron chi connectivity index (χ2n) is 11.4. The van der Waals surface area contributed by atoms with Crippen LogP contribution in [0.1, 0.15) is 93.9 Å². The van der Waals surface area contributed by atoms with E-state index in [9.17, 15) is 29.4 Å². The minimum absolute atomic E-state index is 0.0123. The summed E-state index contributed by atoms with van der Waals surface area (Å²) in [7, 11) is 0. The number of aliphatic hydroxyl groups is 1. The van der Waals surface area contributed by atoms with Gasteiger partial charge >= 0.3 is 5.97 Å². The van der Waals surface area contributed by atoms with Crippen LogP contribution in [0.5, 0.6) is 0 Å². The van der Waals surface area contributed by atoms with Gasteiger partial charge in [-0.3, -0.25) is 19.2 Å². The average molecular weight is 451 g/mol. The lowest BCUT2D eigenvalue weighted by molar-refractivity contribution is -0.143. The van der Waals surface area contributed by atoms with Gasteiger partial charge in [0.05, 0.1) is 17.4 Å². The standard InChI is InChI=1S/C26H42O6/c1-15(2)9-11-18-23(31)21(22(30)17(5)6)24(32)26(18,19(27)12-10-16(3)4)14-25(7,8)13-20(28)29/h15-18,32H,9-14H2,1-8H3,(H,28,29)/t18-,26-/m0/s1. The largest absolute Gasteiger partial charge is 0.510 e. The third-order valence-corrected chi connectivity index (χ3v) is 6.45. The summed E-state index contributed by atoms with van der Waals surface area (Å²) in [5.74, 6) is -3.47. The second-order valence-corrected chi connectivity index (χ2v) is 11.4. The number of aliphatic carboxylic acids is 1. The molecular formula is C26H42O6. The molecule has 1 aliphatic rings. The van der Waals surface area contributed by atoms with E-state index in [2.05, 4.69) is 0 Å². The number of allylic oxidation sites excluding steroid dienone is 2. The average Bonchev–Trinajstić information content (AvgIpc) is 2.82. The number of carboxylic acid groups (broad SMARTS) is 1. The highest BCUT2D eigenvalue weighted by molar-refractivity contribution is 6.25. The first-order chi connectivity index (χ1) is 14.6. The number of Topliss-reactive ketones (excluding diaryl/α,β-unsaturated/α-hetero) is 3. The van der Waals surface area contributed by atoms with Crippen molar-refractivity contribution >= 4 is 23.3 Å². The molecule has 0 aromatic rings. The van der Waals surface area contributed by atoms with Crippen molar-refractivity contribution in [3.8, 4) is 0 Å². The molecule has 6 nitrogen and oxygen atoms in total. The maximum Gasteiger partial charge on any atom is 0.303 e. The molecule has 182 valence electrons. The van der Waals surface area contributed by atoms with Gasteiger partial charge in [0.15, 0.2) is 11.6 Å². The number of aliphatic hydroxyl groups excluding tert-OH is 1. The molecule has 0 aromatic heterocycles. The maximum atomic E-state index is 13.8. The predicted octanol–water partition coefficient (Wildman–Crippen LogP) is 5.54. The summed E-state index contributed by atoms with van der Waals surface area (Å²) in [4.78, 5) is 51.7. The van der Waals surface area contributed by atoms with Crippen molar-refractivity contribution in [2.24, 2.45) is 34.5 Å². The highest BCUT2D eigenvalue weighted by Crippen LogP contribution is 2.55. The Morgan fingerprint density at radius 1 is 1.00 bits per heavy atom. The zero-order valence-corrected chi connectivity index (χ0v) is 21.1. The molecule has 0 saturated carbocycles. The van der Waals surface area contributed by atoms with Gasteiger partial charge in [-0.05, 0) is 36.5 Å². The van der Waals surface area contributed by atoms with E-state index in [1.807, 2.05) is 27.7 Å². The van der Waals surface area contributed by atoms with Gasteiger partial charge in [-0.25, -0.2) is 0 Å². The predicted molar refractivity (Wildman–Crippen MR) is 124 cm³/mol. The summed E-state index contributed by atoms with van der Waals surface area (Å²) in [6.45, 7) is 14.8. The Kier molecular flexibility index (Phi) is 9.43. The maximum absolute atomic E-state index is 13.8. The first-order valence-electron chi connectivity index (χ1n) is 11.8. The Bertz CT molecular complexity index is 771. The molecule has 0 amide bonds. The van der Waals surface area contributed by atoms with Crippen molar-refractivity contribution in [1.29, 1.82) is 0 Å². The molecule has 2 N–H and O–H groups in total. The van der Waals surface area contributed by atoms with E-state index in [0.717, 1.165) is 0 Å². The molecular weight excluding hydrogens is 408 g/mol. The number of hydrogen-bond acceptors (Lipinski definition) is 5. The zero-order valence-electron chi connectivity index (χ0n) is 21.1. The van der Waals surface area contributed by atoms with Crippen LogP contribution >= 0.6 is 0 Å². The van der Waals surface area contributed by atoms with E-state index in [4.69, 9.17) is 0 Å². The molecule has 0 aromatic carbocycles. The van der Waals surface area contributed by atoms with Crippen LogP contribution in [-0.2, 0) is 19.2 Å². The third kappa shape index (κ3) is 6.29. The minimum Gasteiger partial charge on any atom is -0.510 e. The van der Waals surface area contributed by atoms with E-state index in [0.29, 0.717) is 19.3 Å². The number of carboxylic acids is 1. The van der Waals surface area contributed by atoms with Crippen LogP contribution in [0.4, 0.5) is 0 Å². The fraction of sp³-hybridized carbons (Fsp3) is 0.769. The molecule has 0 bridgehead atoms. The number of carbonyl (C=O) groups excluding carboxylic acids is 3. The van der Waals surface area contributed by atoms with E-state index >= 15 is 0 Å². The molecule has 0 aliphatic heterocycles. The van der Waals surface area contributed by atoms with Gasteiger partial charge in [-0.15, -0.1) is 0 Å². The van der Waals surface area contributed by atoms with Crippen molar-refractivity contribution in [2.75, 3.05) is 0 Å². The first-order valence-corrected chi connectivity index (χ1v) is 11.8. The lowest BCUT2D eigenvalue weighted by Gasteiger charge is -2.40. The highest BCUT2D eigenvalue weighted by Gasteiger charge is 2.60. The molecule has 6 heteroatoms. The molecule has 0 heterocycles. The molecule has 0 unspecified atom stereocenters. The summed E-state index contributed by atoms with van der Waals surface area (Å²) in [5.41, 5.74) is -2.67. The molecule has 0 fully saturated rings. The summed E-state index contributed by atoms with van der Waals surface area (Å²) in [5, 5.41) is 20.8. The number of rotatable bonds is 13. The smallest absolute Gasteiger partial charge is 0.303 e. The van der Waals surface area contributed by atoms with Gasteiger partial charge in [0.25, 0.3) is 0 Å². The van der Waals surface area contributed by atoms with Gasteiger partial charge < -0.3 is 10.2 Å². The minimum atomic E-state index is -1.56. The van der Waals surface area contributed by atoms with Crippen LogP contribution < -0.4 is 0 Å². The zero-order chi connectivity index (χ0) is 25.0. The highest BCUT2D eigenvalue weighted by atomic mass is 16.4. The fourth-order valence-electron chi connectivity index (χ4n) is 4.81. The van der Waals surface area contributed by atoms with Crippen LogP contribution in [0.15, 0.2) is 11.3 Å². The van der Waals surface area contributed by atoms with Crippen LogP contribution in [0.25, 0.3) is 0 Å². The van der Waals surface area contributed by atoms with E-state index in [1.54, 1.807) is 27.7 Å². The molecule has 0 radical (unpaired) electrons. The number of ketones is 3. The number of hydrogen-bond donors (Lipinski definition) is 2. The van der Waals surface area contributed by atoms with Crippen LogP contribution in [0, 0.1) is 34.5 Å². The van der Waals surface area contributed by atoms with Gasteiger partial charge in [0.2, 0.25) is 0 Å². The second kappa shape index (κ2) is 10.8. The summed E-state index contributed by atoms with van der Waals surface area (Å²) in [6.07, 6.45) is 1.58. The Balaban J connectivity index is 3.74. The molecule has 1 rings (SSSR count). The SMILES string of the molecule is CC(C)CCC(=O)[C@@]1(CC(C)(C)CC(=O)O)C(O)=C(C(=O)C(C)C)C(=O)[C@@H]1CCC(C)C. The van der Waals surface area contributed by atoms with Gasteiger partial charge in [0.1, 0.15) is 11.5 Å². The van der Waals surface area contributed by atoms with Crippen molar-refractivity contribution in [3.05, 3.63) is 11.3 Å². The van der Waals surface area contributed by atoms with E-state index < -0.39 is 46.0 Å². The van der Waals surface area contributed by atoms with Gasteiger partial charge in [0, 0.05) is 18.3 Å². The quantitative estimate of drug-likeness (QED) is 0.357. The monoisotopic (exact) mass is 450 g/mol. The van der Waals surface area contributed by atoms with Crippen molar-refractivity contribution in [3.63, 3.8) is 0 Å². The summed E-state index contributed by atoms with van der Waals surface area (Å²) < 4.78 is 0. The third-order valence-electron chi connectivity index (χ3n) is 6.45. The summed E-state index contributed by atoms with van der Waals surface area (Å²) in [6, 6.07) is 0. The van der Waals surface area contributed by atoms with Gasteiger partial charge in [-0.2, -0.15) is 0 Å². The van der Waals surface area contributed by atoms with E-state index in [-0.39, 0.29) is 42.5 Å². The Morgan fingerprint density at radius 2 is 1.53 bits per heavy atom. The molecule has 2 atom stereocenters. The van der Waals surface area contributed by atoms with Crippen molar-refractivity contribution < 1.29 is 29.4 Å². The van der Waals surface area contributed by atoms with Crippen molar-refractivity contribution in [1.82, 2.24) is 0 Å². The number of carbonyl (C=O) groups is 4. The topological polar surface area (TPSA) is 109 Å². The Hall–Kier alpha value is -1.98. The molecule has 0 spiro atoms. The van der Waals surface area contributed by atoms with Gasteiger partial charge in [-0.1, -0.05) is 61.8 Å². The molecule has 1 aliphatic carbocycles. The van der Waals surface area contributed by atoms with Crippen LogP contribution in [-0.4, -0.2) is 33.5 Å². The summed E-state index contributed by atoms with van der Waals surface area (Å²) >= 11 is 0. The molecule has 0 saturated heterocycles. The first kappa shape index (κ1) is 28.1.